The van der Waals surface area contributed by atoms with Gasteiger partial charge in [0.25, 0.3) is 0 Å². The number of benzene rings is 1. The average molecular weight is 452 g/mol. The maximum absolute atomic E-state index is 4.66. The number of nitrogens with one attached hydrogen (secondary N) is 2. The van der Waals surface area contributed by atoms with Crippen molar-refractivity contribution in [2.24, 2.45) is 4.99 Å². The van der Waals surface area contributed by atoms with Gasteiger partial charge in [0.15, 0.2) is 5.96 Å². The number of hydrogen-bond acceptors (Lipinski definition) is 1. The largest absolute Gasteiger partial charge is 0.357 e. The Morgan fingerprint density at radius 3 is 2.75 bits per heavy atom. The van der Waals surface area contributed by atoms with Crippen molar-refractivity contribution in [3.63, 3.8) is 0 Å². The molecular weight excluding hydrogens is 429 g/mol. The van der Waals surface area contributed by atoms with Crippen LogP contribution in [-0.4, -0.2) is 18.5 Å². The molecule has 0 aliphatic heterocycles. The number of guanidine groups is 1. The first-order valence-corrected chi connectivity index (χ1v) is 7.86. The molecule has 1 aliphatic rings. The molecule has 2 rings (SSSR count). The molecule has 0 spiro atoms. The van der Waals surface area contributed by atoms with E-state index in [9.17, 15) is 0 Å². The molecule has 5 heteroatoms. The predicted molar refractivity (Wildman–Crippen MR) is 99.8 cm³/mol. The number of aliphatic imine (C=N–C) groups is 1. The van der Waals surface area contributed by atoms with E-state index < -0.39 is 0 Å². The lowest BCUT2D eigenvalue weighted by atomic mass is 10.2. The molecule has 0 amide bonds. The molecule has 0 aromatic heterocycles. The first-order valence-electron chi connectivity index (χ1n) is 7.07. The van der Waals surface area contributed by atoms with Crippen LogP contribution in [0.5, 0.6) is 0 Å². The third kappa shape index (κ3) is 5.99. The van der Waals surface area contributed by atoms with Crippen LogP contribution in [0, 0.1) is 0 Å². The van der Waals surface area contributed by atoms with Gasteiger partial charge in [-0.25, -0.2) is 4.99 Å². The summed E-state index contributed by atoms with van der Waals surface area (Å²) in [7, 11) is 0. The molecule has 0 saturated heterocycles. The fourth-order valence-corrected chi connectivity index (χ4v) is 2.84. The summed E-state index contributed by atoms with van der Waals surface area (Å²) in [5.74, 6) is 0.939. The fourth-order valence-electron chi connectivity index (χ4n) is 2.39. The summed E-state index contributed by atoms with van der Waals surface area (Å²) in [4.78, 5) is 4.66. The molecule has 1 fully saturated rings. The monoisotopic (exact) mass is 451 g/mol. The van der Waals surface area contributed by atoms with Crippen LogP contribution in [-0.2, 0) is 6.54 Å². The van der Waals surface area contributed by atoms with Crippen molar-refractivity contribution >= 4 is 45.9 Å². The predicted octanol–water partition coefficient (Wildman–Crippen LogP) is 4.06. The molecule has 0 atom stereocenters. The summed E-state index contributed by atoms with van der Waals surface area (Å²) in [5.41, 5.74) is 1.22. The number of nitrogens with zero attached hydrogens (tertiary/aromatic N) is 1. The molecule has 1 aromatic carbocycles. The van der Waals surface area contributed by atoms with E-state index in [4.69, 9.17) is 0 Å². The molecule has 3 nitrogen and oxygen atoms in total. The number of rotatable bonds is 4. The highest BCUT2D eigenvalue weighted by molar-refractivity contribution is 14.0. The van der Waals surface area contributed by atoms with Crippen LogP contribution in [0.4, 0.5) is 0 Å². The Balaban J connectivity index is 0.00000200. The second kappa shape index (κ2) is 9.60. The third-order valence-corrected chi connectivity index (χ3v) is 3.84. The Morgan fingerprint density at radius 2 is 2.10 bits per heavy atom. The zero-order valence-electron chi connectivity index (χ0n) is 11.9. The molecule has 2 N–H and O–H groups in total. The van der Waals surface area contributed by atoms with Gasteiger partial charge in [-0.1, -0.05) is 40.9 Å². The van der Waals surface area contributed by atoms with Crippen LogP contribution in [0.2, 0.25) is 0 Å². The van der Waals surface area contributed by atoms with E-state index in [0.29, 0.717) is 12.6 Å². The summed E-state index contributed by atoms with van der Waals surface area (Å²) in [6.45, 7) is 3.71. The minimum absolute atomic E-state index is 0. The SMILES string of the molecule is CCNC(=NCc1cccc(Br)c1)NC1CCCC1.I. The molecule has 0 heterocycles. The topological polar surface area (TPSA) is 36.4 Å². The van der Waals surface area contributed by atoms with Gasteiger partial charge in [-0.2, -0.15) is 0 Å². The van der Waals surface area contributed by atoms with Crippen LogP contribution in [0.1, 0.15) is 38.2 Å². The molecule has 0 radical (unpaired) electrons. The zero-order chi connectivity index (χ0) is 13.5. The third-order valence-electron chi connectivity index (χ3n) is 3.35. The average Bonchev–Trinajstić information content (AvgIpc) is 2.89. The highest BCUT2D eigenvalue weighted by atomic mass is 127. The molecule has 112 valence electrons. The summed E-state index contributed by atoms with van der Waals surface area (Å²) in [6.07, 6.45) is 5.20. The lowest BCUT2D eigenvalue weighted by molar-refractivity contribution is 0.614. The first kappa shape index (κ1) is 17.8. The van der Waals surface area contributed by atoms with Crippen molar-refractivity contribution in [3.05, 3.63) is 34.3 Å². The standard InChI is InChI=1S/C15H22BrN3.HI/c1-2-17-15(19-14-8-3-4-9-14)18-11-12-6-5-7-13(16)10-12;/h5-7,10,14H,2-4,8-9,11H2,1H3,(H2,17,18,19);1H. The van der Waals surface area contributed by atoms with E-state index in [1.807, 2.05) is 12.1 Å². The second-order valence-electron chi connectivity index (χ2n) is 4.95. The molecule has 0 unspecified atom stereocenters. The van der Waals surface area contributed by atoms with Crippen LogP contribution < -0.4 is 10.6 Å². The highest BCUT2D eigenvalue weighted by Crippen LogP contribution is 2.17. The summed E-state index contributed by atoms with van der Waals surface area (Å²) in [5, 5.41) is 6.85. The van der Waals surface area contributed by atoms with E-state index in [0.717, 1.165) is 17.0 Å². The summed E-state index contributed by atoms with van der Waals surface area (Å²) < 4.78 is 1.11. The van der Waals surface area contributed by atoms with Gasteiger partial charge < -0.3 is 10.6 Å². The Labute approximate surface area is 147 Å². The van der Waals surface area contributed by atoms with Crippen LogP contribution in [0.3, 0.4) is 0 Å². The molecule has 1 aromatic rings. The van der Waals surface area contributed by atoms with E-state index in [1.54, 1.807) is 0 Å². The number of hydrogen-bond donors (Lipinski definition) is 2. The zero-order valence-corrected chi connectivity index (χ0v) is 15.8. The molecule has 0 bridgehead atoms. The van der Waals surface area contributed by atoms with Gasteiger partial charge in [0.05, 0.1) is 6.54 Å². The van der Waals surface area contributed by atoms with E-state index in [2.05, 4.69) is 50.6 Å². The smallest absolute Gasteiger partial charge is 0.191 e. The van der Waals surface area contributed by atoms with Gasteiger partial charge in [-0.3, -0.25) is 0 Å². The number of halogens is 2. The summed E-state index contributed by atoms with van der Waals surface area (Å²) in [6, 6.07) is 8.90. The van der Waals surface area contributed by atoms with Crippen molar-refractivity contribution in [1.82, 2.24) is 10.6 Å². The molecule has 1 aliphatic carbocycles. The van der Waals surface area contributed by atoms with Gasteiger partial charge in [0, 0.05) is 17.1 Å². The Bertz CT molecular complexity index is 431. The van der Waals surface area contributed by atoms with Crippen molar-refractivity contribution in [3.8, 4) is 0 Å². The molecular formula is C15H23BrIN3. The Hall–Kier alpha value is -0.300. The van der Waals surface area contributed by atoms with Crippen molar-refractivity contribution in [2.75, 3.05) is 6.54 Å². The fraction of sp³-hybridized carbons (Fsp3) is 0.533. The van der Waals surface area contributed by atoms with Crippen LogP contribution in [0.25, 0.3) is 0 Å². The lowest BCUT2D eigenvalue weighted by Crippen LogP contribution is -2.42. The van der Waals surface area contributed by atoms with Gasteiger partial charge in [0.1, 0.15) is 0 Å². The van der Waals surface area contributed by atoms with E-state index >= 15 is 0 Å². The maximum Gasteiger partial charge on any atom is 0.191 e. The quantitative estimate of drug-likeness (QED) is 0.411. The normalized spacial score (nSPS) is 15.8. The van der Waals surface area contributed by atoms with Gasteiger partial charge >= 0.3 is 0 Å². The Kier molecular flexibility index (Phi) is 8.52. The Morgan fingerprint density at radius 1 is 1.35 bits per heavy atom. The van der Waals surface area contributed by atoms with E-state index in [1.165, 1.54) is 31.2 Å². The van der Waals surface area contributed by atoms with Crippen molar-refractivity contribution in [2.45, 2.75) is 45.2 Å². The second-order valence-corrected chi connectivity index (χ2v) is 5.87. The first-order chi connectivity index (χ1) is 9.28. The lowest BCUT2D eigenvalue weighted by Gasteiger charge is -2.16. The highest BCUT2D eigenvalue weighted by Gasteiger charge is 2.15. The van der Waals surface area contributed by atoms with Crippen LogP contribution >= 0.6 is 39.9 Å². The maximum atomic E-state index is 4.66. The minimum atomic E-state index is 0. The van der Waals surface area contributed by atoms with Gasteiger partial charge in [-0.05, 0) is 37.5 Å². The summed E-state index contributed by atoms with van der Waals surface area (Å²) >= 11 is 3.49. The molecule has 20 heavy (non-hydrogen) atoms. The van der Waals surface area contributed by atoms with Crippen LogP contribution in [0.15, 0.2) is 33.7 Å². The van der Waals surface area contributed by atoms with Crippen molar-refractivity contribution < 1.29 is 0 Å². The van der Waals surface area contributed by atoms with Gasteiger partial charge in [0.2, 0.25) is 0 Å². The van der Waals surface area contributed by atoms with E-state index in [-0.39, 0.29) is 24.0 Å². The molecule has 1 saturated carbocycles. The minimum Gasteiger partial charge on any atom is -0.357 e. The van der Waals surface area contributed by atoms with Crippen molar-refractivity contribution in [1.29, 1.82) is 0 Å². The van der Waals surface area contributed by atoms with Gasteiger partial charge in [-0.15, -0.1) is 24.0 Å².